The average molecular weight is 539 g/mol. The topological polar surface area (TPSA) is 94.2 Å². The van der Waals surface area contributed by atoms with Crippen molar-refractivity contribution in [1.82, 2.24) is 0 Å². The maximum atomic E-state index is 13.7. The quantitative estimate of drug-likeness (QED) is 0.392. The summed E-state index contributed by atoms with van der Waals surface area (Å²) in [4.78, 5) is 12.7. The number of methoxy groups -OCH3 is 2. The van der Waals surface area contributed by atoms with Gasteiger partial charge in [-0.05, 0) is 61.5 Å². The van der Waals surface area contributed by atoms with Gasteiger partial charge in [0.1, 0.15) is 12.3 Å². The third-order valence-corrected chi connectivity index (χ3v) is 6.91. The molecule has 3 aromatic rings. The molecule has 12 heteroatoms. The van der Waals surface area contributed by atoms with Crippen LogP contribution in [-0.2, 0) is 21.0 Å². The van der Waals surface area contributed by atoms with Crippen LogP contribution in [0.5, 0.6) is 17.2 Å². The van der Waals surface area contributed by atoms with Gasteiger partial charge < -0.3 is 19.5 Å². The minimum absolute atomic E-state index is 0.130. The molecule has 0 aliphatic carbocycles. The lowest BCUT2D eigenvalue weighted by Gasteiger charge is -2.25. The fourth-order valence-corrected chi connectivity index (χ4v) is 4.84. The smallest absolute Gasteiger partial charge is 0.416 e. The number of alkyl halides is 3. The summed E-state index contributed by atoms with van der Waals surface area (Å²) in [6.45, 7) is 1.47. The molecule has 0 atom stereocenters. The van der Waals surface area contributed by atoms with Crippen LogP contribution < -0.4 is 23.8 Å². The summed E-state index contributed by atoms with van der Waals surface area (Å²) in [6, 6.07) is 14.0. The number of sulfonamides is 1. The lowest BCUT2D eigenvalue weighted by molar-refractivity contribution is -0.137. The first-order valence-corrected chi connectivity index (χ1v) is 12.4. The number of amides is 1. The van der Waals surface area contributed by atoms with Crippen molar-refractivity contribution in [1.29, 1.82) is 0 Å². The molecule has 8 nitrogen and oxygen atoms in total. The van der Waals surface area contributed by atoms with E-state index in [1.54, 1.807) is 19.1 Å². The van der Waals surface area contributed by atoms with Crippen molar-refractivity contribution < 1.29 is 40.6 Å². The molecule has 3 aromatic carbocycles. The van der Waals surface area contributed by atoms with Crippen molar-refractivity contribution in [3.63, 3.8) is 0 Å². The van der Waals surface area contributed by atoms with E-state index in [4.69, 9.17) is 14.2 Å². The van der Waals surface area contributed by atoms with Gasteiger partial charge in [-0.1, -0.05) is 6.07 Å². The molecule has 198 valence electrons. The molecule has 0 radical (unpaired) electrons. The molecule has 3 rings (SSSR count). The Bertz CT molecular complexity index is 1350. The zero-order chi connectivity index (χ0) is 27.2. The third-order valence-electron chi connectivity index (χ3n) is 5.14. The number of nitrogens with zero attached hydrogens (tertiary/aromatic N) is 1. The molecule has 0 aliphatic heterocycles. The minimum atomic E-state index is -4.61. The normalized spacial score (nSPS) is 11.5. The molecular formula is C25H25F3N2O6S. The van der Waals surface area contributed by atoms with Crippen LogP contribution in [0.25, 0.3) is 0 Å². The number of ether oxygens (including phenoxy) is 3. The minimum Gasteiger partial charge on any atom is -0.494 e. The summed E-state index contributed by atoms with van der Waals surface area (Å²) in [5.74, 6) is 0.0976. The number of rotatable bonds is 10. The van der Waals surface area contributed by atoms with Crippen LogP contribution in [0.3, 0.4) is 0 Å². The summed E-state index contributed by atoms with van der Waals surface area (Å²) in [7, 11) is -1.59. The summed E-state index contributed by atoms with van der Waals surface area (Å²) < 4.78 is 83.1. The second-order valence-corrected chi connectivity index (χ2v) is 9.44. The Balaban J connectivity index is 1.98. The van der Waals surface area contributed by atoms with E-state index in [1.165, 1.54) is 50.6 Å². The molecule has 0 saturated carbocycles. The van der Waals surface area contributed by atoms with Crippen molar-refractivity contribution >= 4 is 27.3 Å². The van der Waals surface area contributed by atoms with E-state index in [-0.39, 0.29) is 22.0 Å². The number of carbonyl (C=O) groups is 1. The van der Waals surface area contributed by atoms with E-state index in [9.17, 15) is 26.4 Å². The maximum absolute atomic E-state index is 13.7. The van der Waals surface area contributed by atoms with Gasteiger partial charge in [0.05, 0.1) is 37.0 Å². The van der Waals surface area contributed by atoms with E-state index < -0.39 is 34.2 Å². The highest BCUT2D eigenvalue weighted by atomic mass is 32.2. The fraction of sp³-hybridized carbons (Fsp3) is 0.240. The Kier molecular flexibility index (Phi) is 8.53. The highest BCUT2D eigenvalue weighted by Crippen LogP contribution is 2.33. The van der Waals surface area contributed by atoms with Crippen molar-refractivity contribution in [3.8, 4) is 17.2 Å². The SMILES string of the molecule is CCOc1ccc(N(CC(=O)Nc2cccc(C(F)(F)F)c2)S(=O)(=O)c2ccc(OC)c(OC)c2)cc1. The summed E-state index contributed by atoms with van der Waals surface area (Å²) >= 11 is 0. The van der Waals surface area contributed by atoms with Gasteiger partial charge in [-0.25, -0.2) is 8.42 Å². The first kappa shape index (κ1) is 27.7. The first-order chi connectivity index (χ1) is 17.5. The zero-order valence-electron chi connectivity index (χ0n) is 20.2. The van der Waals surface area contributed by atoms with Gasteiger partial charge in [0.15, 0.2) is 11.5 Å². The van der Waals surface area contributed by atoms with Crippen LogP contribution in [0.1, 0.15) is 12.5 Å². The Morgan fingerprint density at radius 1 is 0.946 bits per heavy atom. The zero-order valence-corrected chi connectivity index (χ0v) is 21.0. The molecule has 1 N–H and O–H groups in total. The highest BCUT2D eigenvalue weighted by Gasteiger charge is 2.31. The Labute approximate surface area is 212 Å². The van der Waals surface area contributed by atoms with Gasteiger partial charge in [-0.3, -0.25) is 9.10 Å². The van der Waals surface area contributed by atoms with E-state index >= 15 is 0 Å². The van der Waals surface area contributed by atoms with Gasteiger partial charge in [0, 0.05) is 11.8 Å². The highest BCUT2D eigenvalue weighted by molar-refractivity contribution is 7.92. The van der Waals surface area contributed by atoms with Crippen LogP contribution in [-0.4, -0.2) is 41.7 Å². The molecule has 0 spiro atoms. The third kappa shape index (κ3) is 6.64. The van der Waals surface area contributed by atoms with E-state index in [0.717, 1.165) is 22.5 Å². The predicted molar refractivity (Wildman–Crippen MR) is 132 cm³/mol. The van der Waals surface area contributed by atoms with Gasteiger partial charge in [0.25, 0.3) is 10.0 Å². The van der Waals surface area contributed by atoms with Crippen molar-refractivity contribution in [3.05, 3.63) is 72.3 Å². The molecule has 0 heterocycles. The Morgan fingerprint density at radius 2 is 1.62 bits per heavy atom. The monoisotopic (exact) mass is 538 g/mol. The maximum Gasteiger partial charge on any atom is 0.416 e. The number of nitrogens with one attached hydrogen (secondary N) is 1. The summed E-state index contributed by atoms with van der Waals surface area (Å²) in [6.07, 6.45) is -4.61. The molecule has 0 saturated heterocycles. The van der Waals surface area contributed by atoms with Crippen LogP contribution in [0.4, 0.5) is 24.5 Å². The molecule has 1 amide bonds. The number of benzene rings is 3. The summed E-state index contributed by atoms with van der Waals surface area (Å²) in [5, 5.41) is 2.34. The van der Waals surface area contributed by atoms with Crippen molar-refractivity contribution in [2.45, 2.75) is 18.0 Å². The lowest BCUT2D eigenvalue weighted by atomic mass is 10.2. The molecule has 0 unspecified atom stereocenters. The van der Waals surface area contributed by atoms with Gasteiger partial charge >= 0.3 is 6.18 Å². The number of anilines is 2. The summed E-state index contributed by atoms with van der Waals surface area (Å²) in [5.41, 5.74) is -0.945. The van der Waals surface area contributed by atoms with Crippen molar-refractivity contribution in [2.75, 3.05) is 37.0 Å². The molecule has 0 aromatic heterocycles. The van der Waals surface area contributed by atoms with E-state index in [1.807, 2.05) is 0 Å². The molecule has 0 aliphatic rings. The number of halogens is 3. The van der Waals surface area contributed by atoms with Crippen LogP contribution in [0.15, 0.2) is 71.6 Å². The lowest BCUT2D eigenvalue weighted by Crippen LogP contribution is -2.38. The average Bonchev–Trinajstić information content (AvgIpc) is 2.87. The second kappa shape index (κ2) is 11.4. The van der Waals surface area contributed by atoms with Crippen LogP contribution >= 0.6 is 0 Å². The van der Waals surface area contributed by atoms with Crippen LogP contribution in [0, 0.1) is 0 Å². The van der Waals surface area contributed by atoms with E-state index in [0.29, 0.717) is 18.1 Å². The molecule has 0 bridgehead atoms. The predicted octanol–water partition coefficient (Wildman–Crippen LogP) is 4.96. The largest absolute Gasteiger partial charge is 0.494 e. The Morgan fingerprint density at radius 3 is 2.22 bits per heavy atom. The second-order valence-electron chi connectivity index (χ2n) is 7.58. The Hall–Kier alpha value is -3.93. The van der Waals surface area contributed by atoms with Gasteiger partial charge in [-0.15, -0.1) is 0 Å². The van der Waals surface area contributed by atoms with Crippen molar-refractivity contribution in [2.24, 2.45) is 0 Å². The van der Waals surface area contributed by atoms with Crippen LogP contribution in [0.2, 0.25) is 0 Å². The fourth-order valence-electron chi connectivity index (χ4n) is 3.40. The number of hydrogen-bond donors (Lipinski definition) is 1. The number of hydrogen-bond acceptors (Lipinski definition) is 6. The molecule has 0 fully saturated rings. The van der Waals surface area contributed by atoms with E-state index in [2.05, 4.69) is 5.32 Å². The first-order valence-electron chi connectivity index (χ1n) is 10.9. The van der Waals surface area contributed by atoms with Gasteiger partial charge in [-0.2, -0.15) is 13.2 Å². The molecule has 37 heavy (non-hydrogen) atoms. The molecular weight excluding hydrogens is 513 g/mol. The standard InChI is InChI=1S/C25H25F3N2O6S/c1-4-36-20-10-8-19(9-11-20)30(37(32,33)21-12-13-22(34-2)23(15-21)35-3)16-24(31)29-18-7-5-6-17(14-18)25(26,27)28/h5-15H,4,16H2,1-3H3,(H,29,31). The number of carbonyl (C=O) groups excluding carboxylic acids is 1. The van der Waals surface area contributed by atoms with Gasteiger partial charge in [0.2, 0.25) is 5.91 Å².